The number of fused-ring (bicyclic) bond motifs is 1. The Morgan fingerprint density at radius 1 is 1.06 bits per heavy atom. The highest BCUT2D eigenvalue weighted by molar-refractivity contribution is 7.99. The standard InChI is InChI=1S/C21H21F5N4SSi/c1-6-31-16-9-13(7-8-32(3,4)5)11-27-17(16)19-29-15-10-14(12-28-18(15)30(19)2)20(22,23)21(24,25)26/h9-12H,6H2,1-5H3. The Bertz CT molecular complexity index is 1220. The van der Waals surface area contributed by atoms with Gasteiger partial charge in [-0.15, -0.1) is 17.3 Å². The van der Waals surface area contributed by atoms with Crippen molar-refractivity contribution in [3.63, 3.8) is 0 Å². The normalized spacial score (nSPS) is 12.7. The summed E-state index contributed by atoms with van der Waals surface area (Å²) in [4.78, 5) is 13.4. The van der Waals surface area contributed by atoms with Crippen LogP contribution in [0.25, 0.3) is 22.7 Å². The number of rotatable bonds is 4. The molecule has 0 aliphatic carbocycles. The number of alkyl halides is 5. The summed E-state index contributed by atoms with van der Waals surface area (Å²) in [6.07, 6.45) is -3.58. The molecule has 0 atom stereocenters. The molecule has 0 aliphatic heterocycles. The minimum Gasteiger partial charge on any atom is -0.310 e. The Kier molecular flexibility index (Phi) is 6.41. The average molecular weight is 485 g/mol. The molecule has 0 fully saturated rings. The maximum Gasteiger partial charge on any atom is 0.458 e. The second-order valence-corrected chi connectivity index (χ2v) is 14.2. The average Bonchev–Trinajstić information content (AvgIpc) is 3.01. The molecule has 0 N–H and O–H groups in total. The van der Waals surface area contributed by atoms with Gasteiger partial charge in [-0.05, 0) is 17.9 Å². The number of nitrogens with zero attached hydrogens (tertiary/aromatic N) is 4. The zero-order valence-corrected chi connectivity index (χ0v) is 19.9. The summed E-state index contributed by atoms with van der Waals surface area (Å²) in [6, 6.07) is 2.61. The predicted molar refractivity (Wildman–Crippen MR) is 118 cm³/mol. The summed E-state index contributed by atoms with van der Waals surface area (Å²) >= 11 is 1.51. The lowest BCUT2D eigenvalue weighted by Gasteiger charge is -2.19. The summed E-state index contributed by atoms with van der Waals surface area (Å²) in [6.45, 7) is 8.36. The Morgan fingerprint density at radius 2 is 1.75 bits per heavy atom. The van der Waals surface area contributed by atoms with Crippen molar-refractivity contribution in [2.75, 3.05) is 5.75 Å². The number of aromatic nitrogens is 4. The van der Waals surface area contributed by atoms with Crippen LogP contribution in [0.5, 0.6) is 0 Å². The second kappa shape index (κ2) is 8.48. The smallest absolute Gasteiger partial charge is 0.310 e. The predicted octanol–water partition coefficient (Wildman–Crippen LogP) is 6.03. The van der Waals surface area contributed by atoms with Crippen LogP contribution in [0, 0.1) is 11.5 Å². The van der Waals surface area contributed by atoms with Crippen LogP contribution >= 0.6 is 11.8 Å². The summed E-state index contributed by atoms with van der Waals surface area (Å²) in [5.41, 5.74) is 3.37. The number of thioether (sulfide) groups is 1. The van der Waals surface area contributed by atoms with E-state index in [0.29, 0.717) is 17.7 Å². The number of hydrogen-bond donors (Lipinski definition) is 0. The molecule has 0 bridgehead atoms. The van der Waals surface area contributed by atoms with E-state index >= 15 is 0 Å². The molecule has 11 heteroatoms. The van der Waals surface area contributed by atoms with Gasteiger partial charge in [-0.1, -0.05) is 32.5 Å². The van der Waals surface area contributed by atoms with E-state index in [-0.39, 0.29) is 11.2 Å². The Morgan fingerprint density at radius 3 is 2.34 bits per heavy atom. The third-order valence-electron chi connectivity index (χ3n) is 4.37. The molecular formula is C21H21F5N4SSi. The van der Waals surface area contributed by atoms with Crippen molar-refractivity contribution in [1.82, 2.24) is 19.5 Å². The van der Waals surface area contributed by atoms with E-state index in [9.17, 15) is 22.0 Å². The zero-order chi connectivity index (χ0) is 23.9. The molecule has 0 aromatic carbocycles. The number of hydrogen-bond acceptors (Lipinski definition) is 4. The largest absolute Gasteiger partial charge is 0.458 e. The summed E-state index contributed by atoms with van der Waals surface area (Å²) < 4.78 is 67.3. The van der Waals surface area contributed by atoms with Crippen molar-refractivity contribution in [3.05, 3.63) is 35.7 Å². The molecule has 0 saturated heterocycles. The lowest BCUT2D eigenvalue weighted by Crippen LogP contribution is -2.33. The molecule has 3 rings (SSSR count). The highest BCUT2D eigenvalue weighted by Gasteiger charge is 2.59. The lowest BCUT2D eigenvalue weighted by atomic mass is 10.1. The molecule has 0 amide bonds. The van der Waals surface area contributed by atoms with Gasteiger partial charge in [-0.25, -0.2) is 9.97 Å². The third kappa shape index (κ3) is 4.81. The quantitative estimate of drug-likeness (QED) is 0.196. The van der Waals surface area contributed by atoms with Gasteiger partial charge in [0.15, 0.2) is 11.5 Å². The van der Waals surface area contributed by atoms with E-state index in [1.54, 1.807) is 13.2 Å². The first kappa shape index (κ1) is 24.2. The number of pyridine rings is 2. The minimum absolute atomic E-state index is 0.0687. The van der Waals surface area contributed by atoms with Gasteiger partial charge in [0.25, 0.3) is 0 Å². The van der Waals surface area contributed by atoms with Gasteiger partial charge in [0.05, 0.1) is 5.56 Å². The fourth-order valence-corrected chi connectivity index (χ4v) is 4.15. The fraction of sp³-hybridized carbons (Fsp3) is 0.381. The van der Waals surface area contributed by atoms with E-state index in [1.165, 1.54) is 16.3 Å². The van der Waals surface area contributed by atoms with Gasteiger partial charge in [0.2, 0.25) is 0 Å². The SMILES string of the molecule is CCSc1cc(C#C[Si](C)(C)C)cnc1-c1nc2cc(C(F)(F)C(F)(F)F)cnc2n1C. The highest BCUT2D eigenvalue weighted by Crippen LogP contribution is 2.44. The molecule has 0 spiro atoms. The van der Waals surface area contributed by atoms with Crippen molar-refractivity contribution in [1.29, 1.82) is 0 Å². The van der Waals surface area contributed by atoms with Crippen LogP contribution < -0.4 is 0 Å². The van der Waals surface area contributed by atoms with Gasteiger partial charge in [0.1, 0.15) is 19.3 Å². The van der Waals surface area contributed by atoms with Crippen LogP contribution in [0.2, 0.25) is 19.6 Å². The molecule has 0 unspecified atom stereocenters. The number of aryl methyl sites for hydroxylation is 1. The molecule has 0 aliphatic rings. The van der Waals surface area contributed by atoms with Crippen LogP contribution in [-0.4, -0.2) is 39.5 Å². The van der Waals surface area contributed by atoms with Gasteiger partial charge in [-0.2, -0.15) is 22.0 Å². The first-order valence-corrected chi connectivity index (χ1v) is 14.2. The van der Waals surface area contributed by atoms with Crippen LogP contribution in [0.4, 0.5) is 22.0 Å². The van der Waals surface area contributed by atoms with Crippen LogP contribution in [0.15, 0.2) is 29.4 Å². The molecule has 0 radical (unpaired) electrons. The third-order valence-corrected chi connectivity index (χ3v) is 6.16. The molecule has 32 heavy (non-hydrogen) atoms. The summed E-state index contributed by atoms with van der Waals surface area (Å²) in [7, 11) is 0.0306. The maximum atomic E-state index is 13.8. The highest BCUT2D eigenvalue weighted by atomic mass is 32.2. The van der Waals surface area contributed by atoms with E-state index in [0.717, 1.165) is 22.3 Å². The Balaban J connectivity index is 2.12. The topological polar surface area (TPSA) is 43.6 Å². The van der Waals surface area contributed by atoms with Crippen LogP contribution in [-0.2, 0) is 13.0 Å². The van der Waals surface area contributed by atoms with E-state index < -0.39 is 25.7 Å². The van der Waals surface area contributed by atoms with Crippen molar-refractivity contribution < 1.29 is 22.0 Å². The van der Waals surface area contributed by atoms with E-state index in [2.05, 4.69) is 46.1 Å². The summed E-state index contributed by atoms with van der Waals surface area (Å²) in [5, 5.41) is 0. The van der Waals surface area contributed by atoms with Crippen molar-refractivity contribution in [2.45, 2.75) is 43.6 Å². The van der Waals surface area contributed by atoms with Gasteiger partial charge in [0, 0.05) is 29.9 Å². The molecule has 3 heterocycles. The van der Waals surface area contributed by atoms with Crippen molar-refractivity contribution >= 4 is 31.0 Å². The number of imidazole rings is 1. The van der Waals surface area contributed by atoms with Gasteiger partial charge < -0.3 is 4.57 Å². The van der Waals surface area contributed by atoms with Gasteiger partial charge in [-0.3, -0.25) is 4.98 Å². The molecule has 3 aromatic heterocycles. The zero-order valence-electron chi connectivity index (χ0n) is 18.1. The molecular weight excluding hydrogens is 463 g/mol. The Labute approximate surface area is 187 Å². The molecule has 0 saturated carbocycles. The van der Waals surface area contributed by atoms with E-state index in [1.807, 2.05) is 13.0 Å². The summed E-state index contributed by atoms with van der Waals surface area (Å²) in [5.74, 6) is -0.816. The Hall–Kier alpha value is -2.45. The monoisotopic (exact) mass is 484 g/mol. The first-order valence-electron chi connectivity index (χ1n) is 9.68. The number of halogens is 5. The lowest BCUT2D eigenvalue weighted by molar-refractivity contribution is -0.289. The van der Waals surface area contributed by atoms with Crippen LogP contribution in [0.1, 0.15) is 18.1 Å². The van der Waals surface area contributed by atoms with Gasteiger partial charge >= 0.3 is 12.1 Å². The van der Waals surface area contributed by atoms with Crippen molar-refractivity contribution in [3.8, 4) is 23.0 Å². The maximum absolute atomic E-state index is 13.8. The molecule has 170 valence electrons. The molecule has 3 aromatic rings. The first-order chi connectivity index (χ1) is 14.7. The second-order valence-electron chi connectivity index (χ2n) is 8.14. The fourth-order valence-electron chi connectivity index (χ4n) is 2.83. The minimum atomic E-state index is -5.72. The van der Waals surface area contributed by atoms with Crippen molar-refractivity contribution in [2.24, 2.45) is 7.05 Å². The van der Waals surface area contributed by atoms with Crippen LogP contribution in [0.3, 0.4) is 0 Å². The van der Waals surface area contributed by atoms with E-state index in [4.69, 9.17) is 0 Å². The molecule has 4 nitrogen and oxygen atoms in total.